The van der Waals surface area contributed by atoms with Crippen LogP contribution in [0, 0.1) is 0 Å². The molecule has 0 aliphatic carbocycles. The standard InChI is InChI=1S/C3H6NO2/c1-4-3(6)2-5/h2H2,1H3,(H,4,6). The molecule has 1 radical (unpaired) electrons. The largest absolute Gasteiger partial charge is 0.357 e. The molecule has 0 aromatic heterocycles. The SMILES string of the molecule is CNC(=O)C[O]. The van der Waals surface area contributed by atoms with Crippen LogP contribution in [-0.4, -0.2) is 19.6 Å². The van der Waals surface area contributed by atoms with Crippen LogP contribution in [0.5, 0.6) is 0 Å². The van der Waals surface area contributed by atoms with Crippen molar-refractivity contribution in [3.8, 4) is 0 Å². The fourth-order valence-corrected chi connectivity index (χ4v) is 0.0722. The molecule has 0 aromatic carbocycles. The zero-order valence-corrected chi connectivity index (χ0v) is 3.52. The molecule has 3 nitrogen and oxygen atoms in total. The predicted molar refractivity (Wildman–Crippen MR) is 19.6 cm³/mol. The summed E-state index contributed by atoms with van der Waals surface area (Å²) in [5, 5.41) is 11.6. The summed E-state index contributed by atoms with van der Waals surface area (Å²) in [4.78, 5) is 9.76. The average molecular weight is 88.1 g/mol. The summed E-state index contributed by atoms with van der Waals surface area (Å²) in [6, 6.07) is 0. The molecule has 6 heavy (non-hydrogen) atoms. The van der Waals surface area contributed by atoms with E-state index < -0.39 is 12.5 Å². The van der Waals surface area contributed by atoms with Gasteiger partial charge in [-0.3, -0.25) is 4.79 Å². The van der Waals surface area contributed by atoms with Crippen molar-refractivity contribution in [2.75, 3.05) is 13.7 Å². The summed E-state index contributed by atoms with van der Waals surface area (Å²) < 4.78 is 0. The van der Waals surface area contributed by atoms with Gasteiger partial charge >= 0.3 is 0 Å². The van der Waals surface area contributed by atoms with Gasteiger partial charge in [0, 0.05) is 7.05 Å². The lowest BCUT2D eigenvalue weighted by atomic mass is 10.7. The van der Waals surface area contributed by atoms with Gasteiger partial charge in [-0.05, 0) is 0 Å². The van der Waals surface area contributed by atoms with Crippen LogP contribution in [0.4, 0.5) is 0 Å². The van der Waals surface area contributed by atoms with Crippen LogP contribution in [0.1, 0.15) is 0 Å². The number of likely N-dealkylation sites (N-methyl/N-ethyl adjacent to an activating group) is 1. The van der Waals surface area contributed by atoms with Crippen LogP contribution in [0.15, 0.2) is 0 Å². The molecule has 35 valence electrons. The lowest BCUT2D eigenvalue weighted by Gasteiger charge is -1.84. The number of hydrogen-bond donors (Lipinski definition) is 1. The van der Waals surface area contributed by atoms with Crippen molar-refractivity contribution in [3.05, 3.63) is 0 Å². The van der Waals surface area contributed by atoms with Gasteiger partial charge in [-0.25, -0.2) is 5.11 Å². The minimum absolute atomic E-state index is 0.463. The Morgan fingerprint density at radius 2 is 2.33 bits per heavy atom. The zero-order valence-electron chi connectivity index (χ0n) is 3.52. The van der Waals surface area contributed by atoms with Crippen LogP contribution in [-0.2, 0) is 9.90 Å². The molecule has 3 heteroatoms. The fourth-order valence-electron chi connectivity index (χ4n) is 0.0722. The predicted octanol–water partition coefficient (Wildman–Crippen LogP) is -0.837. The Morgan fingerprint density at radius 1 is 1.83 bits per heavy atom. The van der Waals surface area contributed by atoms with E-state index in [1.807, 2.05) is 0 Å². The number of rotatable bonds is 1. The number of amides is 1. The van der Waals surface area contributed by atoms with E-state index in [-0.39, 0.29) is 0 Å². The Bertz CT molecular complexity index is 46.8. The smallest absolute Gasteiger partial charge is 0.249 e. The number of carbonyl (C=O) groups excluding carboxylic acids is 1. The molecular formula is C3H6NO2. The molecule has 0 heterocycles. The quantitative estimate of drug-likeness (QED) is 0.446. The van der Waals surface area contributed by atoms with Crippen molar-refractivity contribution in [2.45, 2.75) is 0 Å². The van der Waals surface area contributed by atoms with Crippen LogP contribution < -0.4 is 5.32 Å². The van der Waals surface area contributed by atoms with E-state index in [9.17, 15) is 9.90 Å². The number of carbonyl (C=O) groups is 1. The highest BCUT2D eigenvalue weighted by Gasteiger charge is 1.88. The van der Waals surface area contributed by atoms with Crippen molar-refractivity contribution >= 4 is 5.91 Å². The lowest BCUT2D eigenvalue weighted by molar-refractivity contribution is -0.125. The van der Waals surface area contributed by atoms with Gasteiger partial charge < -0.3 is 5.32 Å². The maximum atomic E-state index is 9.76. The molecular weight excluding hydrogens is 82.0 g/mol. The van der Waals surface area contributed by atoms with E-state index in [4.69, 9.17) is 0 Å². The highest BCUT2D eigenvalue weighted by molar-refractivity contribution is 5.76. The zero-order chi connectivity index (χ0) is 4.99. The highest BCUT2D eigenvalue weighted by Crippen LogP contribution is 1.52. The Morgan fingerprint density at radius 3 is 2.33 bits per heavy atom. The molecule has 0 rings (SSSR count). The van der Waals surface area contributed by atoms with Gasteiger partial charge in [-0.1, -0.05) is 0 Å². The van der Waals surface area contributed by atoms with Gasteiger partial charge in [0.15, 0.2) is 6.61 Å². The summed E-state index contributed by atoms with van der Waals surface area (Å²) >= 11 is 0. The van der Waals surface area contributed by atoms with Crippen LogP contribution in [0.25, 0.3) is 0 Å². The van der Waals surface area contributed by atoms with Crippen LogP contribution in [0.3, 0.4) is 0 Å². The maximum Gasteiger partial charge on any atom is 0.249 e. The molecule has 0 atom stereocenters. The van der Waals surface area contributed by atoms with E-state index in [1.54, 1.807) is 0 Å². The molecule has 1 amide bonds. The van der Waals surface area contributed by atoms with Crippen molar-refractivity contribution < 1.29 is 9.90 Å². The summed E-state index contributed by atoms with van der Waals surface area (Å²) in [5.41, 5.74) is 0. The minimum atomic E-state index is -0.670. The van der Waals surface area contributed by atoms with E-state index in [0.29, 0.717) is 0 Å². The van der Waals surface area contributed by atoms with Crippen molar-refractivity contribution in [3.63, 3.8) is 0 Å². The molecule has 0 fully saturated rings. The maximum absolute atomic E-state index is 9.76. The summed E-state index contributed by atoms with van der Waals surface area (Å²) in [7, 11) is 1.43. The molecule has 0 unspecified atom stereocenters. The monoisotopic (exact) mass is 88.0 g/mol. The molecule has 0 saturated heterocycles. The van der Waals surface area contributed by atoms with E-state index >= 15 is 0 Å². The molecule has 0 saturated carbocycles. The Balaban J connectivity index is 2.99. The van der Waals surface area contributed by atoms with Gasteiger partial charge in [-0.2, -0.15) is 0 Å². The first kappa shape index (κ1) is 5.43. The topological polar surface area (TPSA) is 49.0 Å². The van der Waals surface area contributed by atoms with E-state index in [0.717, 1.165) is 0 Å². The third kappa shape index (κ3) is 1.72. The van der Waals surface area contributed by atoms with E-state index in [2.05, 4.69) is 5.32 Å². The second-order valence-corrected chi connectivity index (χ2v) is 0.818. The lowest BCUT2D eigenvalue weighted by Crippen LogP contribution is -2.20. The highest BCUT2D eigenvalue weighted by atomic mass is 16.3. The first-order chi connectivity index (χ1) is 2.81. The number of nitrogens with one attached hydrogen (secondary N) is 1. The third-order valence-corrected chi connectivity index (χ3v) is 0.410. The van der Waals surface area contributed by atoms with Crippen LogP contribution >= 0.6 is 0 Å². The van der Waals surface area contributed by atoms with Gasteiger partial charge in [0.25, 0.3) is 0 Å². The molecule has 0 aliphatic heterocycles. The second-order valence-electron chi connectivity index (χ2n) is 0.818. The Kier molecular flexibility index (Phi) is 2.40. The second kappa shape index (κ2) is 2.66. The first-order valence-corrected chi connectivity index (χ1v) is 1.60. The van der Waals surface area contributed by atoms with Gasteiger partial charge in [0.05, 0.1) is 0 Å². The minimum Gasteiger partial charge on any atom is -0.357 e. The fraction of sp³-hybridized carbons (Fsp3) is 0.667. The van der Waals surface area contributed by atoms with Gasteiger partial charge in [0.2, 0.25) is 5.91 Å². The Hall–Kier alpha value is -0.570. The average Bonchev–Trinajstić information content (AvgIpc) is 1.65. The molecule has 0 aromatic rings. The molecule has 1 N–H and O–H groups in total. The Labute approximate surface area is 36.0 Å². The van der Waals surface area contributed by atoms with Crippen molar-refractivity contribution in [1.82, 2.24) is 5.32 Å². The van der Waals surface area contributed by atoms with Gasteiger partial charge in [0.1, 0.15) is 0 Å². The summed E-state index contributed by atoms with van der Waals surface area (Å²) in [6.07, 6.45) is 0. The molecule has 0 spiro atoms. The summed E-state index contributed by atoms with van der Waals surface area (Å²) in [6.45, 7) is -0.670. The normalized spacial score (nSPS) is 7.67. The first-order valence-electron chi connectivity index (χ1n) is 1.60. The number of hydrogen-bond acceptors (Lipinski definition) is 1. The van der Waals surface area contributed by atoms with Crippen molar-refractivity contribution in [2.24, 2.45) is 0 Å². The third-order valence-electron chi connectivity index (χ3n) is 0.410. The molecule has 0 bridgehead atoms. The molecule has 0 aliphatic rings. The van der Waals surface area contributed by atoms with E-state index in [1.165, 1.54) is 7.05 Å². The van der Waals surface area contributed by atoms with Crippen molar-refractivity contribution in [1.29, 1.82) is 0 Å². The van der Waals surface area contributed by atoms with Gasteiger partial charge in [-0.15, -0.1) is 0 Å². The van der Waals surface area contributed by atoms with Crippen LogP contribution in [0.2, 0.25) is 0 Å². The summed E-state index contributed by atoms with van der Waals surface area (Å²) in [5.74, 6) is -0.463.